The van der Waals surface area contributed by atoms with Crippen LogP contribution >= 0.6 is 0 Å². The van der Waals surface area contributed by atoms with Gasteiger partial charge in [-0.05, 0) is 17.4 Å². The lowest BCUT2D eigenvalue weighted by molar-refractivity contribution is -0.110. The number of hydrogen-bond acceptors (Lipinski definition) is 3. The molecule has 1 N–H and O–H groups in total. The molecule has 0 spiro atoms. The van der Waals surface area contributed by atoms with Crippen LogP contribution in [0.1, 0.15) is 24.3 Å². The summed E-state index contributed by atoms with van der Waals surface area (Å²) >= 11 is 0. The molecule has 1 aromatic carbocycles. The van der Waals surface area contributed by atoms with Crippen molar-refractivity contribution >= 4 is 23.0 Å². The first kappa shape index (κ1) is 13.2. The Labute approximate surface area is 111 Å². The first-order chi connectivity index (χ1) is 9.13. The maximum Gasteiger partial charge on any atom is 0.271 e. The van der Waals surface area contributed by atoms with Crippen molar-refractivity contribution in [3.05, 3.63) is 42.2 Å². The summed E-state index contributed by atoms with van der Waals surface area (Å²) < 4.78 is 0. The Morgan fingerprint density at radius 2 is 2.00 bits per heavy atom. The predicted octanol–water partition coefficient (Wildman–Crippen LogP) is 2.19. The van der Waals surface area contributed by atoms with E-state index in [0.717, 1.165) is 17.1 Å². The van der Waals surface area contributed by atoms with Crippen LogP contribution in [0.4, 0.5) is 0 Å². The number of benzene rings is 1. The second-order valence-electron chi connectivity index (χ2n) is 4.76. The van der Waals surface area contributed by atoms with E-state index in [0.29, 0.717) is 5.69 Å². The molecule has 0 aliphatic carbocycles. The van der Waals surface area contributed by atoms with Gasteiger partial charge in [-0.15, -0.1) is 0 Å². The molecule has 2 rings (SSSR count). The number of carbonyl (C=O) groups is 2. The Balaban J connectivity index is 2.34. The van der Waals surface area contributed by atoms with Crippen LogP contribution in [0.2, 0.25) is 0 Å². The molecule has 98 valence electrons. The Morgan fingerprint density at radius 3 is 2.68 bits per heavy atom. The number of pyridine rings is 1. The molecule has 0 radical (unpaired) electrons. The number of nitrogens with zero attached hydrogens (tertiary/aromatic N) is 1. The predicted molar refractivity (Wildman–Crippen MR) is 73.9 cm³/mol. The highest BCUT2D eigenvalue weighted by Gasteiger charge is 2.18. The van der Waals surface area contributed by atoms with Crippen molar-refractivity contribution in [2.75, 3.05) is 0 Å². The second-order valence-corrected chi connectivity index (χ2v) is 4.76. The van der Waals surface area contributed by atoms with Crippen molar-refractivity contribution in [1.82, 2.24) is 10.3 Å². The third-order valence-electron chi connectivity index (χ3n) is 3.05. The molecule has 1 amide bonds. The fourth-order valence-electron chi connectivity index (χ4n) is 1.88. The molecular weight excluding hydrogens is 240 g/mol. The molecule has 1 aromatic heterocycles. The van der Waals surface area contributed by atoms with Gasteiger partial charge < -0.3 is 10.1 Å². The van der Waals surface area contributed by atoms with E-state index in [1.54, 1.807) is 6.20 Å². The lowest BCUT2D eigenvalue weighted by atomic mass is 10.1. The molecule has 0 aliphatic heterocycles. The zero-order valence-electron chi connectivity index (χ0n) is 11.0. The fourth-order valence-corrected chi connectivity index (χ4v) is 1.88. The zero-order chi connectivity index (χ0) is 13.8. The van der Waals surface area contributed by atoms with Crippen molar-refractivity contribution < 1.29 is 9.59 Å². The van der Waals surface area contributed by atoms with Crippen molar-refractivity contribution in [1.29, 1.82) is 0 Å². The van der Waals surface area contributed by atoms with Crippen molar-refractivity contribution in [2.45, 2.75) is 19.9 Å². The smallest absolute Gasteiger partial charge is 0.271 e. The number of amides is 1. The largest absolute Gasteiger partial charge is 0.341 e. The van der Waals surface area contributed by atoms with Crippen molar-refractivity contribution in [2.24, 2.45) is 5.92 Å². The minimum atomic E-state index is -0.492. The summed E-state index contributed by atoms with van der Waals surface area (Å²) in [7, 11) is 0. The molecule has 1 unspecified atom stereocenters. The van der Waals surface area contributed by atoms with Gasteiger partial charge in [0.05, 0.1) is 6.04 Å². The van der Waals surface area contributed by atoms with Crippen LogP contribution < -0.4 is 5.32 Å². The molecular formula is C15H16N2O2. The van der Waals surface area contributed by atoms with Crippen LogP contribution in [0.3, 0.4) is 0 Å². The van der Waals surface area contributed by atoms with Gasteiger partial charge in [-0.25, -0.2) is 0 Å². The lowest BCUT2D eigenvalue weighted by Crippen LogP contribution is -2.40. The minimum absolute atomic E-state index is 0.0522. The molecule has 2 aromatic rings. The van der Waals surface area contributed by atoms with Crippen LogP contribution in [-0.2, 0) is 4.79 Å². The summed E-state index contributed by atoms with van der Waals surface area (Å²) in [5, 5.41) is 4.45. The molecule has 4 heteroatoms. The number of aromatic nitrogens is 1. The first-order valence-electron chi connectivity index (χ1n) is 6.23. The van der Waals surface area contributed by atoms with E-state index in [-0.39, 0.29) is 11.8 Å². The summed E-state index contributed by atoms with van der Waals surface area (Å²) in [6.07, 6.45) is 2.36. The van der Waals surface area contributed by atoms with E-state index in [9.17, 15) is 9.59 Å². The molecule has 0 bridgehead atoms. The maximum absolute atomic E-state index is 12.2. The standard InChI is InChI=1S/C15H16N2O2/c1-10(2)13(9-18)17-15(19)14-12-6-4-3-5-11(12)7-8-16-14/h3-10,13H,1-2H3,(H,17,19). The fraction of sp³-hybridized carbons (Fsp3) is 0.267. The van der Waals surface area contributed by atoms with E-state index < -0.39 is 6.04 Å². The maximum atomic E-state index is 12.2. The number of aldehydes is 1. The van der Waals surface area contributed by atoms with Crippen LogP contribution in [0.15, 0.2) is 36.5 Å². The summed E-state index contributed by atoms with van der Waals surface area (Å²) in [6, 6.07) is 8.91. The molecule has 4 nitrogen and oxygen atoms in total. The third kappa shape index (κ3) is 2.78. The van der Waals surface area contributed by atoms with E-state index in [1.807, 2.05) is 44.2 Å². The molecule has 0 fully saturated rings. The Hall–Kier alpha value is -2.23. The number of hydrogen-bond donors (Lipinski definition) is 1. The lowest BCUT2D eigenvalue weighted by Gasteiger charge is -2.16. The average Bonchev–Trinajstić information content (AvgIpc) is 2.43. The van der Waals surface area contributed by atoms with Gasteiger partial charge in [0, 0.05) is 11.6 Å². The van der Waals surface area contributed by atoms with E-state index in [2.05, 4.69) is 10.3 Å². The third-order valence-corrected chi connectivity index (χ3v) is 3.05. The molecule has 1 heterocycles. The highest BCUT2D eigenvalue weighted by Crippen LogP contribution is 2.16. The number of rotatable bonds is 4. The normalized spacial score (nSPS) is 12.4. The van der Waals surface area contributed by atoms with E-state index in [1.165, 1.54) is 0 Å². The quantitative estimate of drug-likeness (QED) is 0.853. The summed E-state index contributed by atoms with van der Waals surface area (Å²) in [6.45, 7) is 3.77. The number of carbonyl (C=O) groups excluding carboxylic acids is 2. The Kier molecular flexibility index (Phi) is 3.90. The topological polar surface area (TPSA) is 59.1 Å². The number of nitrogens with one attached hydrogen (secondary N) is 1. The van der Waals surface area contributed by atoms with Crippen molar-refractivity contribution in [3.8, 4) is 0 Å². The first-order valence-corrected chi connectivity index (χ1v) is 6.23. The van der Waals surface area contributed by atoms with Gasteiger partial charge in [0.25, 0.3) is 5.91 Å². The average molecular weight is 256 g/mol. The van der Waals surface area contributed by atoms with Crippen LogP contribution in [0.5, 0.6) is 0 Å². The molecule has 1 atom stereocenters. The Morgan fingerprint density at radius 1 is 1.26 bits per heavy atom. The van der Waals surface area contributed by atoms with Gasteiger partial charge in [-0.1, -0.05) is 38.1 Å². The molecule has 0 saturated heterocycles. The van der Waals surface area contributed by atoms with Gasteiger partial charge >= 0.3 is 0 Å². The van der Waals surface area contributed by atoms with Crippen LogP contribution in [0.25, 0.3) is 10.8 Å². The summed E-state index contributed by atoms with van der Waals surface area (Å²) in [5.41, 5.74) is 0.352. The highest BCUT2D eigenvalue weighted by molar-refractivity contribution is 6.05. The Bertz CT molecular complexity index is 603. The van der Waals surface area contributed by atoms with Gasteiger partial charge in [0.1, 0.15) is 12.0 Å². The van der Waals surface area contributed by atoms with Gasteiger partial charge in [0.2, 0.25) is 0 Å². The SMILES string of the molecule is CC(C)C(C=O)NC(=O)c1nccc2ccccc12. The van der Waals surface area contributed by atoms with Crippen LogP contribution in [0, 0.1) is 5.92 Å². The molecule has 19 heavy (non-hydrogen) atoms. The number of fused-ring (bicyclic) bond motifs is 1. The van der Waals surface area contributed by atoms with E-state index in [4.69, 9.17) is 0 Å². The van der Waals surface area contributed by atoms with Gasteiger partial charge in [-0.3, -0.25) is 9.78 Å². The molecule has 0 saturated carbocycles. The van der Waals surface area contributed by atoms with E-state index >= 15 is 0 Å². The van der Waals surface area contributed by atoms with Crippen LogP contribution in [-0.4, -0.2) is 23.2 Å². The molecule has 0 aliphatic rings. The van der Waals surface area contributed by atoms with Gasteiger partial charge in [0.15, 0.2) is 0 Å². The minimum Gasteiger partial charge on any atom is -0.341 e. The van der Waals surface area contributed by atoms with Crippen molar-refractivity contribution in [3.63, 3.8) is 0 Å². The summed E-state index contributed by atoms with van der Waals surface area (Å²) in [4.78, 5) is 27.3. The van der Waals surface area contributed by atoms with Gasteiger partial charge in [-0.2, -0.15) is 0 Å². The monoisotopic (exact) mass is 256 g/mol. The summed E-state index contributed by atoms with van der Waals surface area (Å²) in [5.74, 6) is -0.265. The highest BCUT2D eigenvalue weighted by atomic mass is 16.2. The zero-order valence-corrected chi connectivity index (χ0v) is 11.0. The second kappa shape index (κ2) is 5.61.